The third kappa shape index (κ3) is 4.10. The smallest absolute Gasteiger partial charge is 0.321 e. The van der Waals surface area contributed by atoms with Crippen molar-refractivity contribution in [1.82, 2.24) is 4.72 Å². The van der Waals surface area contributed by atoms with Crippen LogP contribution in [0, 0.1) is 5.92 Å². The van der Waals surface area contributed by atoms with Crippen molar-refractivity contribution in [3.63, 3.8) is 0 Å². The average Bonchev–Trinajstić information content (AvgIpc) is 2.30. The van der Waals surface area contributed by atoms with Crippen molar-refractivity contribution in [3.8, 4) is 11.5 Å². The first kappa shape index (κ1) is 16.3. The number of carbonyl (C=O) groups is 1. The van der Waals surface area contributed by atoms with Crippen LogP contribution in [0.4, 0.5) is 0 Å². The number of aliphatic carboxylic acids is 1. The van der Waals surface area contributed by atoms with Crippen molar-refractivity contribution in [2.24, 2.45) is 5.92 Å². The van der Waals surface area contributed by atoms with Gasteiger partial charge in [-0.15, -0.1) is 0 Å². The SMILES string of the molecule is CC(C)C[C@H](NS(=O)(=O)c1ccc(O)c(O)c1)C(=O)O. The maximum Gasteiger partial charge on any atom is 0.321 e. The summed E-state index contributed by atoms with van der Waals surface area (Å²) in [5.74, 6) is -2.33. The quantitative estimate of drug-likeness (QED) is 0.578. The number of aromatic hydroxyl groups is 2. The highest BCUT2D eigenvalue weighted by atomic mass is 32.2. The lowest BCUT2D eigenvalue weighted by molar-refractivity contribution is -0.139. The van der Waals surface area contributed by atoms with E-state index in [9.17, 15) is 18.3 Å². The first-order valence-corrected chi connectivity index (χ1v) is 7.39. The Kier molecular flexibility index (Phi) is 4.96. The summed E-state index contributed by atoms with van der Waals surface area (Å²) >= 11 is 0. The standard InChI is InChI=1S/C12H17NO6S/c1-7(2)5-9(12(16)17)13-20(18,19)8-3-4-10(14)11(15)6-8/h3-4,6-7,9,13-15H,5H2,1-2H3,(H,16,17)/t9-/m0/s1. The zero-order valence-electron chi connectivity index (χ0n) is 11.1. The number of nitrogens with one attached hydrogen (secondary N) is 1. The zero-order valence-corrected chi connectivity index (χ0v) is 11.9. The van der Waals surface area contributed by atoms with Gasteiger partial charge in [0.1, 0.15) is 6.04 Å². The van der Waals surface area contributed by atoms with E-state index in [4.69, 9.17) is 10.2 Å². The van der Waals surface area contributed by atoms with Crippen molar-refractivity contribution in [2.75, 3.05) is 0 Å². The van der Waals surface area contributed by atoms with Crippen molar-refractivity contribution >= 4 is 16.0 Å². The fourth-order valence-electron chi connectivity index (χ4n) is 1.60. The van der Waals surface area contributed by atoms with Gasteiger partial charge in [0.25, 0.3) is 0 Å². The number of rotatable bonds is 6. The lowest BCUT2D eigenvalue weighted by atomic mass is 10.1. The number of hydrogen-bond acceptors (Lipinski definition) is 5. The molecule has 1 atom stereocenters. The second-order valence-electron chi connectivity index (χ2n) is 4.79. The maximum atomic E-state index is 12.0. The van der Waals surface area contributed by atoms with Crippen LogP contribution in [0.2, 0.25) is 0 Å². The molecule has 0 saturated carbocycles. The predicted molar refractivity (Wildman–Crippen MR) is 71.0 cm³/mol. The van der Waals surface area contributed by atoms with Crippen LogP contribution < -0.4 is 4.72 Å². The highest BCUT2D eigenvalue weighted by molar-refractivity contribution is 7.89. The zero-order chi connectivity index (χ0) is 15.5. The molecule has 0 aromatic heterocycles. The van der Waals surface area contributed by atoms with Crippen LogP contribution in [-0.2, 0) is 14.8 Å². The molecule has 0 unspecified atom stereocenters. The van der Waals surface area contributed by atoms with Gasteiger partial charge in [0.2, 0.25) is 10.0 Å². The number of carboxylic acids is 1. The molecule has 0 saturated heterocycles. The molecular formula is C12H17NO6S. The van der Waals surface area contributed by atoms with Crippen molar-refractivity contribution in [2.45, 2.75) is 31.2 Å². The number of benzene rings is 1. The second kappa shape index (κ2) is 6.10. The summed E-state index contributed by atoms with van der Waals surface area (Å²) in [7, 11) is -4.09. The van der Waals surface area contributed by atoms with Gasteiger partial charge in [-0.05, 0) is 24.5 Å². The van der Waals surface area contributed by atoms with Crippen LogP contribution in [0.1, 0.15) is 20.3 Å². The highest BCUT2D eigenvalue weighted by Crippen LogP contribution is 2.27. The van der Waals surface area contributed by atoms with Crippen molar-refractivity contribution < 1.29 is 28.5 Å². The first-order valence-electron chi connectivity index (χ1n) is 5.90. The molecule has 1 aromatic carbocycles. The summed E-state index contributed by atoms with van der Waals surface area (Å²) in [4.78, 5) is 10.7. The lowest BCUT2D eigenvalue weighted by Crippen LogP contribution is -2.41. The Bertz CT molecular complexity index is 596. The molecule has 0 bridgehead atoms. The molecule has 0 fully saturated rings. The molecule has 0 spiro atoms. The van der Waals surface area contributed by atoms with E-state index < -0.39 is 33.5 Å². The van der Waals surface area contributed by atoms with E-state index in [1.807, 2.05) is 0 Å². The Hall–Kier alpha value is -1.80. The number of hydrogen-bond donors (Lipinski definition) is 4. The van der Waals surface area contributed by atoms with Gasteiger partial charge in [-0.25, -0.2) is 8.42 Å². The van der Waals surface area contributed by atoms with E-state index in [2.05, 4.69) is 4.72 Å². The Morgan fingerprint density at radius 2 is 1.85 bits per heavy atom. The van der Waals surface area contributed by atoms with Gasteiger partial charge in [0.05, 0.1) is 4.90 Å². The van der Waals surface area contributed by atoms with Gasteiger partial charge in [-0.2, -0.15) is 4.72 Å². The second-order valence-corrected chi connectivity index (χ2v) is 6.51. The van der Waals surface area contributed by atoms with E-state index in [1.165, 1.54) is 0 Å². The van der Waals surface area contributed by atoms with Crippen LogP contribution in [0.3, 0.4) is 0 Å². The summed E-state index contributed by atoms with van der Waals surface area (Å²) < 4.78 is 26.1. The van der Waals surface area contributed by atoms with E-state index in [0.717, 1.165) is 18.2 Å². The summed E-state index contributed by atoms with van der Waals surface area (Å²) in [6, 6.07) is 1.69. The molecule has 0 amide bonds. The van der Waals surface area contributed by atoms with Gasteiger partial charge < -0.3 is 15.3 Å². The minimum absolute atomic E-state index is 0.00739. The topological polar surface area (TPSA) is 124 Å². The van der Waals surface area contributed by atoms with Gasteiger partial charge >= 0.3 is 5.97 Å². The predicted octanol–water partition coefficient (Wildman–Crippen LogP) is 0.875. The molecule has 0 aliphatic rings. The molecule has 0 aliphatic carbocycles. The number of carboxylic acid groups (broad SMARTS) is 1. The Balaban J connectivity index is 3.03. The highest BCUT2D eigenvalue weighted by Gasteiger charge is 2.26. The molecule has 112 valence electrons. The molecular weight excluding hydrogens is 286 g/mol. The Morgan fingerprint density at radius 3 is 2.30 bits per heavy atom. The minimum atomic E-state index is -4.09. The van der Waals surface area contributed by atoms with E-state index in [1.54, 1.807) is 13.8 Å². The largest absolute Gasteiger partial charge is 0.504 e. The van der Waals surface area contributed by atoms with Gasteiger partial charge in [0.15, 0.2) is 11.5 Å². The summed E-state index contributed by atoms with van der Waals surface area (Å²) in [5.41, 5.74) is 0. The first-order chi connectivity index (χ1) is 9.13. The van der Waals surface area contributed by atoms with Gasteiger partial charge in [-0.1, -0.05) is 13.8 Å². The van der Waals surface area contributed by atoms with E-state index in [-0.39, 0.29) is 17.2 Å². The van der Waals surface area contributed by atoms with Gasteiger partial charge in [-0.3, -0.25) is 4.79 Å². The summed E-state index contributed by atoms with van der Waals surface area (Å²) in [6.45, 7) is 3.55. The van der Waals surface area contributed by atoms with Gasteiger partial charge in [0, 0.05) is 6.07 Å². The Morgan fingerprint density at radius 1 is 1.25 bits per heavy atom. The molecule has 0 heterocycles. The Labute approximate surface area is 116 Å². The molecule has 8 heteroatoms. The molecule has 1 rings (SSSR count). The third-order valence-electron chi connectivity index (χ3n) is 2.56. The van der Waals surface area contributed by atoms with E-state index in [0.29, 0.717) is 0 Å². The minimum Gasteiger partial charge on any atom is -0.504 e. The molecule has 0 radical (unpaired) electrons. The van der Waals surface area contributed by atoms with Crippen LogP contribution in [0.5, 0.6) is 11.5 Å². The molecule has 7 nitrogen and oxygen atoms in total. The van der Waals surface area contributed by atoms with Crippen LogP contribution in [-0.4, -0.2) is 35.7 Å². The third-order valence-corrected chi connectivity index (χ3v) is 4.03. The average molecular weight is 303 g/mol. The normalized spacial score (nSPS) is 13.3. The molecule has 1 aromatic rings. The number of phenolic OH excluding ortho intramolecular Hbond substituents is 2. The summed E-state index contributed by atoms with van der Waals surface area (Å²) in [6.07, 6.45) is 0.138. The molecule has 0 aliphatic heterocycles. The fraction of sp³-hybridized carbons (Fsp3) is 0.417. The van der Waals surface area contributed by atoms with E-state index >= 15 is 0 Å². The fourth-order valence-corrected chi connectivity index (χ4v) is 2.82. The number of phenols is 2. The van der Waals surface area contributed by atoms with Crippen molar-refractivity contribution in [3.05, 3.63) is 18.2 Å². The molecule has 20 heavy (non-hydrogen) atoms. The van der Waals surface area contributed by atoms with Crippen molar-refractivity contribution in [1.29, 1.82) is 0 Å². The van der Waals surface area contributed by atoms with Crippen LogP contribution in [0.15, 0.2) is 23.1 Å². The van der Waals surface area contributed by atoms with Crippen LogP contribution >= 0.6 is 0 Å². The van der Waals surface area contributed by atoms with Crippen LogP contribution in [0.25, 0.3) is 0 Å². The molecule has 4 N–H and O–H groups in total. The number of sulfonamides is 1. The maximum absolute atomic E-state index is 12.0. The lowest BCUT2D eigenvalue weighted by Gasteiger charge is -2.16. The monoisotopic (exact) mass is 303 g/mol. The summed E-state index contributed by atoms with van der Waals surface area (Å²) in [5, 5.41) is 27.4.